The van der Waals surface area contributed by atoms with E-state index in [1.807, 2.05) is 6.07 Å². The Hall–Kier alpha value is -2.90. The van der Waals surface area contributed by atoms with Crippen LogP contribution in [0.15, 0.2) is 54.6 Å². The zero-order valence-electron chi connectivity index (χ0n) is 15.7. The number of nitrogens with one attached hydrogen (secondary N) is 3. The van der Waals surface area contributed by atoms with Gasteiger partial charge in [0.25, 0.3) is 0 Å². The van der Waals surface area contributed by atoms with E-state index in [9.17, 15) is 14.4 Å². The van der Waals surface area contributed by atoms with Gasteiger partial charge in [0.2, 0.25) is 11.8 Å². The van der Waals surface area contributed by atoms with Crippen molar-refractivity contribution in [3.05, 3.63) is 65.2 Å². The minimum absolute atomic E-state index is 0.0758. The second-order valence-corrected chi connectivity index (χ2v) is 6.51. The van der Waals surface area contributed by atoms with Crippen LogP contribution in [-0.2, 0) is 9.59 Å². The molecular weight excluding hydrogens is 380 g/mol. The molecule has 0 saturated heterocycles. The Balaban J connectivity index is 2.13. The third-order valence-corrected chi connectivity index (χ3v) is 4.25. The fourth-order valence-electron chi connectivity index (χ4n) is 2.70. The number of amides is 4. The summed E-state index contributed by atoms with van der Waals surface area (Å²) in [6, 6.07) is 14.4. The fraction of sp³-hybridized carbons (Fsp3) is 0.250. The van der Waals surface area contributed by atoms with Crippen LogP contribution in [0.2, 0.25) is 5.02 Å². The summed E-state index contributed by atoms with van der Waals surface area (Å²) in [5.41, 5.74) is 1.16. The third kappa shape index (κ3) is 6.07. The maximum Gasteiger partial charge on any atom is 0.321 e. The van der Waals surface area contributed by atoms with E-state index in [1.165, 1.54) is 0 Å². The van der Waals surface area contributed by atoms with Gasteiger partial charge in [0.05, 0.1) is 17.3 Å². The van der Waals surface area contributed by atoms with Crippen molar-refractivity contribution < 1.29 is 14.4 Å². The molecule has 0 unspecified atom stereocenters. The lowest BCUT2D eigenvalue weighted by atomic mass is 10.0. The second-order valence-electron chi connectivity index (χ2n) is 6.11. The molecule has 0 aliphatic rings. The van der Waals surface area contributed by atoms with Crippen molar-refractivity contribution in [1.29, 1.82) is 0 Å². The smallest absolute Gasteiger partial charge is 0.321 e. The Morgan fingerprint density at radius 2 is 1.68 bits per heavy atom. The number of nitrogens with zero attached hydrogens (tertiary/aromatic N) is 1. The molecule has 2 rings (SSSR count). The molecule has 0 spiro atoms. The molecule has 148 valence electrons. The molecule has 0 aromatic heterocycles. The number of hydrogen-bond acceptors (Lipinski definition) is 4. The number of hydrogen-bond donors (Lipinski definition) is 3. The van der Waals surface area contributed by atoms with Crippen LogP contribution in [-0.4, -0.2) is 42.9 Å². The molecule has 4 amide bonds. The van der Waals surface area contributed by atoms with Crippen LogP contribution in [0.4, 0.5) is 10.5 Å². The second kappa shape index (κ2) is 10.4. The highest BCUT2D eigenvalue weighted by Gasteiger charge is 2.27. The molecule has 2 aromatic carbocycles. The summed E-state index contributed by atoms with van der Waals surface area (Å²) in [5.74, 6) is -0.854. The van der Waals surface area contributed by atoms with E-state index in [1.54, 1.807) is 67.4 Å². The zero-order chi connectivity index (χ0) is 20.5. The standard InChI is InChI=1S/C20H23ClN4O3/c1-3-22-20(28)24-19(27)18(14-9-5-4-6-10-14)25(2)13-17(26)23-16-12-8-7-11-15(16)21/h4-12,18H,3,13H2,1-2H3,(H,23,26)(H2,22,24,27,28)/t18-/m0/s1. The van der Waals surface area contributed by atoms with Crippen LogP contribution in [0.25, 0.3) is 0 Å². The van der Waals surface area contributed by atoms with Crippen LogP contribution in [0.5, 0.6) is 0 Å². The highest BCUT2D eigenvalue weighted by atomic mass is 35.5. The zero-order valence-corrected chi connectivity index (χ0v) is 16.5. The lowest BCUT2D eigenvalue weighted by molar-refractivity contribution is -0.126. The van der Waals surface area contributed by atoms with Crippen LogP contribution >= 0.6 is 11.6 Å². The Bertz CT molecular complexity index is 829. The van der Waals surface area contributed by atoms with Gasteiger partial charge in [-0.05, 0) is 31.7 Å². The predicted octanol–water partition coefficient (Wildman–Crippen LogP) is 2.80. The summed E-state index contributed by atoms with van der Waals surface area (Å²) < 4.78 is 0. The van der Waals surface area contributed by atoms with Gasteiger partial charge in [-0.15, -0.1) is 0 Å². The average Bonchev–Trinajstić information content (AvgIpc) is 2.64. The Morgan fingerprint density at radius 1 is 1.04 bits per heavy atom. The molecule has 0 aliphatic carbocycles. The topological polar surface area (TPSA) is 90.5 Å². The van der Waals surface area contributed by atoms with Gasteiger partial charge in [-0.25, -0.2) is 4.79 Å². The molecule has 1 atom stereocenters. The van der Waals surface area contributed by atoms with Gasteiger partial charge >= 0.3 is 6.03 Å². The normalized spacial score (nSPS) is 11.6. The molecule has 0 fully saturated rings. The molecular formula is C20H23ClN4O3. The minimum Gasteiger partial charge on any atom is -0.338 e. The van der Waals surface area contributed by atoms with Crippen molar-refractivity contribution in [2.75, 3.05) is 25.5 Å². The van der Waals surface area contributed by atoms with E-state index in [-0.39, 0.29) is 12.5 Å². The van der Waals surface area contributed by atoms with E-state index < -0.39 is 18.0 Å². The monoisotopic (exact) mass is 402 g/mol. The summed E-state index contributed by atoms with van der Waals surface area (Å²) in [6.07, 6.45) is 0. The van der Waals surface area contributed by atoms with Crippen LogP contribution in [0.1, 0.15) is 18.5 Å². The predicted molar refractivity (Wildman–Crippen MR) is 109 cm³/mol. The molecule has 0 heterocycles. The minimum atomic E-state index is -0.819. The van der Waals surface area contributed by atoms with Crippen molar-refractivity contribution in [2.24, 2.45) is 0 Å². The van der Waals surface area contributed by atoms with E-state index in [2.05, 4.69) is 16.0 Å². The average molecular weight is 403 g/mol. The molecule has 28 heavy (non-hydrogen) atoms. The molecule has 0 radical (unpaired) electrons. The van der Waals surface area contributed by atoms with Gasteiger partial charge in [-0.3, -0.25) is 19.8 Å². The van der Waals surface area contributed by atoms with Crippen molar-refractivity contribution in [3.8, 4) is 0 Å². The summed E-state index contributed by atoms with van der Waals surface area (Å²) in [4.78, 5) is 38.5. The largest absolute Gasteiger partial charge is 0.338 e. The summed E-state index contributed by atoms with van der Waals surface area (Å²) in [7, 11) is 1.64. The first-order valence-corrected chi connectivity index (χ1v) is 9.18. The molecule has 8 heteroatoms. The number of carbonyl (C=O) groups is 3. The number of para-hydroxylation sites is 1. The number of urea groups is 1. The third-order valence-electron chi connectivity index (χ3n) is 3.92. The van der Waals surface area contributed by atoms with Crippen LogP contribution in [0.3, 0.4) is 0 Å². The number of halogens is 1. The first-order chi connectivity index (χ1) is 13.4. The van der Waals surface area contributed by atoms with Crippen LogP contribution < -0.4 is 16.0 Å². The van der Waals surface area contributed by atoms with E-state index in [0.29, 0.717) is 22.8 Å². The maximum atomic E-state index is 12.7. The van der Waals surface area contributed by atoms with Crippen molar-refractivity contribution >= 4 is 35.1 Å². The molecule has 0 bridgehead atoms. The van der Waals surface area contributed by atoms with Gasteiger partial charge < -0.3 is 10.6 Å². The number of likely N-dealkylation sites (N-methyl/N-ethyl adjacent to an activating group) is 1. The number of benzene rings is 2. The van der Waals surface area contributed by atoms with Crippen molar-refractivity contribution in [3.63, 3.8) is 0 Å². The first kappa shape index (κ1) is 21.4. The quantitative estimate of drug-likeness (QED) is 0.664. The molecule has 7 nitrogen and oxygen atoms in total. The van der Waals surface area contributed by atoms with Gasteiger partial charge in [-0.2, -0.15) is 0 Å². The van der Waals surface area contributed by atoms with Crippen molar-refractivity contribution in [2.45, 2.75) is 13.0 Å². The highest BCUT2D eigenvalue weighted by Crippen LogP contribution is 2.22. The van der Waals surface area contributed by atoms with Crippen LogP contribution in [0, 0.1) is 0 Å². The Morgan fingerprint density at radius 3 is 2.32 bits per heavy atom. The van der Waals surface area contributed by atoms with Crippen molar-refractivity contribution in [1.82, 2.24) is 15.5 Å². The molecule has 0 saturated carbocycles. The molecule has 0 aliphatic heterocycles. The van der Waals surface area contributed by atoms with E-state index in [0.717, 1.165) is 0 Å². The fourth-order valence-corrected chi connectivity index (χ4v) is 2.88. The van der Waals surface area contributed by atoms with Gasteiger partial charge in [0.15, 0.2) is 0 Å². The molecule has 3 N–H and O–H groups in total. The number of anilines is 1. The SMILES string of the molecule is CCNC(=O)NC(=O)[C@H](c1ccccc1)N(C)CC(=O)Nc1ccccc1Cl. The summed E-state index contributed by atoms with van der Waals surface area (Å²) in [6.45, 7) is 2.07. The van der Waals surface area contributed by atoms with E-state index in [4.69, 9.17) is 11.6 Å². The van der Waals surface area contributed by atoms with Gasteiger partial charge in [0.1, 0.15) is 6.04 Å². The number of imide groups is 1. The summed E-state index contributed by atoms with van der Waals surface area (Å²) >= 11 is 6.06. The number of rotatable bonds is 7. The molecule has 2 aromatic rings. The lowest BCUT2D eigenvalue weighted by Gasteiger charge is -2.26. The Labute approximate surface area is 169 Å². The summed E-state index contributed by atoms with van der Waals surface area (Å²) in [5, 5.41) is 7.97. The van der Waals surface area contributed by atoms with Gasteiger partial charge in [0, 0.05) is 6.54 Å². The maximum absolute atomic E-state index is 12.7. The Kier molecular flexibility index (Phi) is 7.98. The van der Waals surface area contributed by atoms with E-state index >= 15 is 0 Å². The van der Waals surface area contributed by atoms with Gasteiger partial charge in [-0.1, -0.05) is 54.1 Å². The highest BCUT2D eigenvalue weighted by molar-refractivity contribution is 6.33. The number of carbonyl (C=O) groups excluding carboxylic acids is 3. The lowest BCUT2D eigenvalue weighted by Crippen LogP contribution is -2.46. The first-order valence-electron chi connectivity index (χ1n) is 8.80.